The van der Waals surface area contributed by atoms with E-state index in [4.69, 9.17) is 4.74 Å². The fraction of sp³-hybridized carbons (Fsp3) is 0.467. The van der Waals surface area contributed by atoms with E-state index in [1.807, 2.05) is 35.2 Å². The molecule has 0 saturated carbocycles. The van der Waals surface area contributed by atoms with Crippen LogP contribution in [0.5, 0.6) is 0 Å². The van der Waals surface area contributed by atoms with Crippen LogP contribution in [0.3, 0.4) is 0 Å². The summed E-state index contributed by atoms with van der Waals surface area (Å²) in [6, 6.07) is 9.25. The molecule has 0 bridgehead atoms. The van der Waals surface area contributed by atoms with Gasteiger partial charge in [-0.3, -0.25) is 14.5 Å². The minimum Gasteiger partial charge on any atom is -0.469 e. The van der Waals surface area contributed by atoms with Gasteiger partial charge in [-0.15, -0.1) is 0 Å². The van der Waals surface area contributed by atoms with Gasteiger partial charge in [0.15, 0.2) is 0 Å². The van der Waals surface area contributed by atoms with Crippen LogP contribution in [0.4, 0.5) is 5.69 Å². The molecule has 0 fully saturated rings. The quantitative estimate of drug-likeness (QED) is 0.692. The van der Waals surface area contributed by atoms with Crippen molar-refractivity contribution in [2.75, 3.05) is 45.8 Å². The Bertz CT molecular complexity index is 437. The first-order valence-electron chi connectivity index (χ1n) is 6.78. The highest BCUT2D eigenvalue weighted by Gasteiger charge is 2.12. The van der Waals surface area contributed by atoms with Gasteiger partial charge in [-0.25, -0.2) is 0 Å². The van der Waals surface area contributed by atoms with Crippen LogP contribution in [0, 0.1) is 0 Å². The smallest absolute Gasteiger partial charge is 0.306 e. The standard InChI is InChI=1S/C15H22N2O4/c1-20-11-10-17(9-8-15(19)21-2)12-14(18)16-13-6-4-3-5-7-13/h3-7H,8-12H2,1-2H3,(H,16,18). The SMILES string of the molecule is COCCN(CCC(=O)OC)CC(=O)Nc1ccccc1. The third kappa shape index (κ3) is 7.43. The first-order valence-corrected chi connectivity index (χ1v) is 6.78. The van der Waals surface area contributed by atoms with Crippen LogP contribution in [0.1, 0.15) is 6.42 Å². The molecule has 1 aromatic rings. The minimum absolute atomic E-state index is 0.123. The molecule has 6 nitrogen and oxygen atoms in total. The van der Waals surface area contributed by atoms with Crippen LogP contribution in [-0.4, -0.2) is 57.2 Å². The maximum Gasteiger partial charge on any atom is 0.306 e. The number of hydrogen-bond acceptors (Lipinski definition) is 5. The second-order valence-corrected chi connectivity index (χ2v) is 4.51. The van der Waals surface area contributed by atoms with E-state index >= 15 is 0 Å². The molecule has 0 aromatic heterocycles. The number of benzene rings is 1. The van der Waals surface area contributed by atoms with Gasteiger partial charge < -0.3 is 14.8 Å². The van der Waals surface area contributed by atoms with Crippen LogP contribution >= 0.6 is 0 Å². The van der Waals surface area contributed by atoms with Crippen LogP contribution in [0.15, 0.2) is 30.3 Å². The molecular formula is C15H22N2O4. The minimum atomic E-state index is -0.291. The van der Waals surface area contributed by atoms with E-state index in [0.29, 0.717) is 19.7 Å². The molecule has 116 valence electrons. The van der Waals surface area contributed by atoms with Crippen LogP contribution in [0.2, 0.25) is 0 Å². The molecule has 0 radical (unpaired) electrons. The molecule has 0 aliphatic heterocycles. The predicted octanol–water partition coefficient (Wildman–Crippen LogP) is 1.14. The molecule has 1 amide bonds. The number of esters is 1. The largest absolute Gasteiger partial charge is 0.469 e. The summed E-state index contributed by atoms with van der Waals surface area (Å²) in [6.45, 7) is 1.74. The molecule has 0 aliphatic rings. The van der Waals surface area contributed by atoms with E-state index in [1.165, 1.54) is 7.11 Å². The molecular weight excluding hydrogens is 272 g/mol. The van der Waals surface area contributed by atoms with Crippen molar-refractivity contribution in [3.05, 3.63) is 30.3 Å². The summed E-state index contributed by atoms with van der Waals surface area (Å²) >= 11 is 0. The predicted molar refractivity (Wildman–Crippen MR) is 80.0 cm³/mol. The van der Waals surface area contributed by atoms with Gasteiger partial charge in [-0.05, 0) is 12.1 Å². The summed E-state index contributed by atoms with van der Waals surface area (Å²) in [6.07, 6.45) is 0.249. The first kappa shape index (κ1) is 17.1. The molecule has 21 heavy (non-hydrogen) atoms. The van der Waals surface area contributed by atoms with Crippen molar-refractivity contribution in [3.8, 4) is 0 Å². The molecule has 1 rings (SSSR count). The van der Waals surface area contributed by atoms with Crippen molar-refractivity contribution in [1.29, 1.82) is 0 Å². The van der Waals surface area contributed by atoms with Gasteiger partial charge in [0.1, 0.15) is 0 Å². The zero-order valence-corrected chi connectivity index (χ0v) is 12.5. The Balaban J connectivity index is 2.46. The van der Waals surface area contributed by atoms with Crippen LogP contribution < -0.4 is 5.32 Å². The number of hydrogen-bond donors (Lipinski definition) is 1. The van der Waals surface area contributed by atoms with E-state index in [2.05, 4.69) is 10.1 Å². The van der Waals surface area contributed by atoms with Crippen molar-refractivity contribution < 1.29 is 19.1 Å². The highest BCUT2D eigenvalue weighted by molar-refractivity contribution is 5.92. The second kappa shape index (κ2) is 9.90. The second-order valence-electron chi connectivity index (χ2n) is 4.51. The third-order valence-electron chi connectivity index (χ3n) is 2.90. The molecule has 0 unspecified atom stereocenters. The Kier molecular flexibility index (Phi) is 8.08. The lowest BCUT2D eigenvalue weighted by Crippen LogP contribution is -2.37. The Labute approximate surface area is 125 Å². The number of methoxy groups -OCH3 is 2. The number of anilines is 1. The Morgan fingerprint density at radius 1 is 1.14 bits per heavy atom. The summed E-state index contributed by atoms with van der Waals surface area (Å²) in [7, 11) is 2.95. The van der Waals surface area contributed by atoms with Crippen molar-refractivity contribution in [1.82, 2.24) is 4.90 Å². The zero-order valence-electron chi connectivity index (χ0n) is 12.5. The highest BCUT2D eigenvalue weighted by atomic mass is 16.5. The fourth-order valence-corrected chi connectivity index (χ4v) is 1.77. The molecule has 0 spiro atoms. The van der Waals surface area contributed by atoms with Crippen molar-refractivity contribution >= 4 is 17.6 Å². The molecule has 0 heterocycles. The monoisotopic (exact) mass is 294 g/mol. The lowest BCUT2D eigenvalue weighted by Gasteiger charge is -2.20. The normalized spacial score (nSPS) is 10.4. The number of nitrogens with zero attached hydrogens (tertiary/aromatic N) is 1. The lowest BCUT2D eigenvalue weighted by atomic mass is 10.3. The summed E-state index contributed by atoms with van der Waals surface area (Å²) in [5.41, 5.74) is 0.752. The number of ether oxygens (including phenoxy) is 2. The number of rotatable bonds is 9. The zero-order chi connectivity index (χ0) is 15.5. The Morgan fingerprint density at radius 2 is 1.86 bits per heavy atom. The van der Waals surface area contributed by atoms with Gasteiger partial charge in [0.25, 0.3) is 0 Å². The van der Waals surface area contributed by atoms with E-state index in [1.54, 1.807) is 7.11 Å². The van der Waals surface area contributed by atoms with Crippen molar-refractivity contribution in [3.63, 3.8) is 0 Å². The maximum atomic E-state index is 12.0. The maximum absolute atomic E-state index is 12.0. The fourth-order valence-electron chi connectivity index (χ4n) is 1.77. The van der Waals surface area contributed by atoms with E-state index in [0.717, 1.165) is 5.69 Å². The summed E-state index contributed by atoms with van der Waals surface area (Å²) in [5, 5.41) is 2.81. The summed E-state index contributed by atoms with van der Waals surface area (Å²) in [4.78, 5) is 25.0. The number of amides is 1. The molecule has 6 heteroatoms. The van der Waals surface area contributed by atoms with E-state index in [-0.39, 0.29) is 24.8 Å². The topological polar surface area (TPSA) is 67.9 Å². The third-order valence-corrected chi connectivity index (χ3v) is 2.90. The molecule has 0 saturated heterocycles. The average Bonchev–Trinajstić information content (AvgIpc) is 2.50. The van der Waals surface area contributed by atoms with Gasteiger partial charge >= 0.3 is 5.97 Å². The molecule has 1 N–H and O–H groups in total. The van der Waals surface area contributed by atoms with Gasteiger partial charge in [-0.2, -0.15) is 0 Å². The van der Waals surface area contributed by atoms with Gasteiger partial charge in [0, 0.05) is 25.9 Å². The van der Waals surface area contributed by atoms with Crippen LogP contribution in [-0.2, 0) is 19.1 Å². The van der Waals surface area contributed by atoms with Crippen LogP contribution in [0.25, 0.3) is 0 Å². The number of nitrogens with one attached hydrogen (secondary N) is 1. The van der Waals surface area contributed by atoms with Crippen molar-refractivity contribution in [2.45, 2.75) is 6.42 Å². The number of carbonyl (C=O) groups is 2. The first-order chi connectivity index (χ1) is 10.2. The lowest BCUT2D eigenvalue weighted by molar-refractivity contribution is -0.141. The molecule has 0 aliphatic carbocycles. The summed E-state index contributed by atoms with van der Waals surface area (Å²) < 4.78 is 9.62. The Hall–Kier alpha value is -1.92. The van der Waals surface area contributed by atoms with Crippen molar-refractivity contribution in [2.24, 2.45) is 0 Å². The number of para-hydroxylation sites is 1. The molecule has 1 aromatic carbocycles. The summed E-state index contributed by atoms with van der Waals surface area (Å²) in [5.74, 6) is -0.414. The highest BCUT2D eigenvalue weighted by Crippen LogP contribution is 2.05. The molecule has 0 atom stereocenters. The van der Waals surface area contributed by atoms with Gasteiger partial charge in [-0.1, -0.05) is 18.2 Å². The Morgan fingerprint density at radius 3 is 2.48 bits per heavy atom. The van der Waals surface area contributed by atoms with Gasteiger partial charge in [0.05, 0.1) is 26.7 Å². The van der Waals surface area contributed by atoms with E-state index in [9.17, 15) is 9.59 Å². The number of carbonyl (C=O) groups excluding carboxylic acids is 2. The average molecular weight is 294 g/mol. The van der Waals surface area contributed by atoms with E-state index < -0.39 is 0 Å². The van der Waals surface area contributed by atoms with Gasteiger partial charge in [0.2, 0.25) is 5.91 Å².